The van der Waals surface area contributed by atoms with Gasteiger partial charge in [-0.05, 0) is 51.0 Å². The highest BCUT2D eigenvalue weighted by atomic mass is 32.1. The Labute approximate surface area is 203 Å². The zero-order chi connectivity index (χ0) is 24.4. The van der Waals surface area contributed by atoms with Crippen LogP contribution < -0.4 is 0 Å². The molecule has 5 aromatic heterocycles. The lowest BCUT2D eigenvalue weighted by Crippen LogP contribution is -2.04. The van der Waals surface area contributed by atoms with Gasteiger partial charge in [0.1, 0.15) is 27.2 Å². The summed E-state index contributed by atoms with van der Waals surface area (Å²) in [6.07, 6.45) is 1.69. The normalized spacial score (nSPS) is 11.8. The summed E-state index contributed by atoms with van der Waals surface area (Å²) in [5.41, 5.74) is 6.54. The third-order valence-electron chi connectivity index (χ3n) is 6.14. The summed E-state index contributed by atoms with van der Waals surface area (Å²) in [7, 11) is 0. The fraction of sp³-hybridized carbons (Fsp3) is 0.208. The van der Waals surface area contributed by atoms with Crippen molar-refractivity contribution in [1.29, 1.82) is 0 Å². The van der Waals surface area contributed by atoms with E-state index in [1.165, 1.54) is 0 Å². The van der Waals surface area contributed by atoms with Crippen LogP contribution in [0.2, 0.25) is 0 Å². The van der Waals surface area contributed by atoms with Gasteiger partial charge in [-0.15, -0.1) is 16.4 Å². The number of nitrogens with zero attached hydrogens (tertiary/aromatic N) is 8. The van der Waals surface area contributed by atoms with Gasteiger partial charge in [-0.1, -0.05) is 18.2 Å². The molecule has 0 N–H and O–H groups in total. The third kappa shape index (κ3) is 3.35. The fourth-order valence-corrected chi connectivity index (χ4v) is 5.80. The largest absolute Gasteiger partial charge is 0.312 e. The Kier molecular flexibility index (Phi) is 4.65. The lowest BCUT2D eigenvalue weighted by Gasteiger charge is -2.05. The molecule has 0 aliphatic rings. The highest BCUT2D eigenvalue weighted by Gasteiger charge is 2.22. The van der Waals surface area contributed by atoms with E-state index in [-0.39, 0.29) is 10.6 Å². The van der Waals surface area contributed by atoms with Crippen LogP contribution in [-0.4, -0.2) is 39.3 Å². The molecule has 6 rings (SSSR count). The fourth-order valence-electron chi connectivity index (χ4n) is 4.58. The van der Waals surface area contributed by atoms with Gasteiger partial charge >= 0.3 is 5.69 Å². The SMILES string of the molecule is Cc1cc(C)c2c(n1)sc1c2ncn2nc(-c3cccc(Cn4nc(C)c([N+](=O)[O-])c4C)c3)nc12. The van der Waals surface area contributed by atoms with Crippen LogP contribution in [0.3, 0.4) is 0 Å². The minimum atomic E-state index is -0.383. The van der Waals surface area contributed by atoms with E-state index < -0.39 is 0 Å². The number of thiophene rings is 1. The smallest absolute Gasteiger partial charge is 0.258 e. The van der Waals surface area contributed by atoms with E-state index in [2.05, 4.69) is 28.2 Å². The van der Waals surface area contributed by atoms with Crippen LogP contribution in [0.4, 0.5) is 5.69 Å². The second-order valence-electron chi connectivity index (χ2n) is 8.62. The van der Waals surface area contributed by atoms with Crippen molar-refractivity contribution in [2.45, 2.75) is 34.2 Å². The van der Waals surface area contributed by atoms with Crippen LogP contribution in [-0.2, 0) is 6.54 Å². The molecule has 11 heteroatoms. The number of pyridine rings is 1. The summed E-state index contributed by atoms with van der Waals surface area (Å²) in [6.45, 7) is 7.85. The summed E-state index contributed by atoms with van der Waals surface area (Å²) < 4.78 is 4.31. The monoisotopic (exact) mass is 484 g/mol. The molecule has 1 aromatic carbocycles. The Balaban J connectivity index is 1.42. The molecule has 5 heterocycles. The first-order valence-electron chi connectivity index (χ1n) is 11.0. The van der Waals surface area contributed by atoms with E-state index in [4.69, 9.17) is 9.97 Å². The van der Waals surface area contributed by atoms with Crippen LogP contribution in [0.1, 0.15) is 28.2 Å². The molecule has 0 atom stereocenters. The summed E-state index contributed by atoms with van der Waals surface area (Å²) >= 11 is 1.58. The highest BCUT2D eigenvalue weighted by molar-refractivity contribution is 7.26. The van der Waals surface area contributed by atoms with Crippen molar-refractivity contribution in [3.05, 3.63) is 75.0 Å². The molecule has 35 heavy (non-hydrogen) atoms. The molecule has 0 bridgehead atoms. The second-order valence-corrected chi connectivity index (χ2v) is 9.62. The van der Waals surface area contributed by atoms with E-state index in [9.17, 15) is 10.1 Å². The number of aromatic nitrogens is 7. The molecule has 0 aliphatic heterocycles. The third-order valence-corrected chi connectivity index (χ3v) is 7.20. The average molecular weight is 485 g/mol. The molecule has 174 valence electrons. The molecule has 0 saturated heterocycles. The van der Waals surface area contributed by atoms with Gasteiger partial charge in [0.25, 0.3) is 0 Å². The first-order chi connectivity index (χ1) is 16.8. The summed E-state index contributed by atoms with van der Waals surface area (Å²) in [5.74, 6) is 0.582. The van der Waals surface area contributed by atoms with Crippen molar-refractivity contribution in [3.63, 3.8) is 0 Å². The average Bonchev–Trinajstić information content (AvgIpc) is 3.47. The number of benzene rings is 1. The molecule has 0 spiro atoms. The van der Waals surface area contributed by atoms with E-state index in [0.717, 1.165) is 48.5 Å². The minimum absolute atomic E-state index is 0.0583. The first-order valence-corrected chi connectivity index (χ1v) is 11.8. The molecular formula is C24H20N8O2S. The highest BCUT2D eigenvalue weighted by Crippen LogP contribution is 2.36. The Hall–Kier alpha value is -4.25. The van der Waals surface area contributed by atoms with Crippen LogP contribution >= 0.6 is 11.3 Å². The number of nitro groups is 1. The van der Waals surface area contributed by atoms with Crippen molar-refractivity contribution >= 4 is 43.1 Å². The number of fused-ring (bicyclic) bond motifs is 5. The molecular weight excluding hydrogens is 464 g/mol. The van der Waals surface area contributed by atoms with Gasteiger partial charge in [-0.3, -0.25) is 14.8 Å². The molecule has 0 saturated carbocycles. The minimum Gasteiger partial charge on any atom is -0.258 e. The molecule has 0 fully saturated rings. The summed E-state index contributed by atoms with van der Waals surface area (Å²) in [5, 5.41) is 21.4. The zero-order valence-electron chi connectivity index (χ0n) is 19.5. The number of aryl methyl sites for hydroxylation is 3. The molecule has 0 amide bonds. The van der Waals surface area contributed by atoms with Gasteiger partial charge in [-0.2, -0.15) is 5.10 Å². The Morgan fingerprint density at radius 3 is 2.69 bits per heavy atom. The molecule has 0 unspecified atom stereocenters. The standard InChI is InChI=1S/C24H20N8O2S/c1-12-8-13(2)26-24-18(12)19-21(35-24)23-27-22(29-31(23)11-25-19)17-7-5-6-16(9-17)10-30-15(4)20(32(33)34)14(3)28-30/h5-9,11H,10H2,1-4H3. The quantitative estimate of drug-likeness (QED) is 0.257. The molecule has 0 aliphatic carbocycles. The molecule has 0 radical (unpaired) electrons. The van der Waals surface area contributed by atoms with Gasteiger partial charge < -0.3 is 0 Å². The Morgan fingerprint density at radius 2 is 1.91 bits per heavy atom. The maximum atomic E-state index is 11.3. The van der Waals surface area contributed by atoms with Gasteiger partial charge in [0.05, 0.1) is 17.0 Å². The first kappa shape index (κ1) is 21.3. The number of hydrogen-bond acceptors (Lipinski definition) is 8. The van der Waals surface area contributed by atoms with Crippen molar-refractivity contribution in [2.75, 3.05) is 0 Å². The lowest BCUT2D eigenvalue weighted by molar-refractivity contribution is -0.386. The van der Waals surface area contributed by atoms with Crippen molar-refractivity contribution in [2.24, 2.45) is 0 Å². The van der Waals surface area contributed by atoms with Gasteiger partial charge in [0.15, 0.2) is 11.5 Å². The van der Waals surface area contributed by atoms with E-state index in [1.807, 2.05) is 31.2 Å². The van der Waals surface area contributed by atoms with Gasteiger partial charge in [-0.25, -0.2) is 19.5 Å². The van der Waals surface area contributed by atoms with E-state index in [0.29, 0.717) is 23.8 Å². The van der Waals surface area contributed by atoms with Crippen LogP contribution in [0.25, 0.3) is 37.5 Å². The predicted molar refractivity (Wildman–Crippen MR) is 134 cm³/mol. The predicted octanol–water partition coefficient (Wildman–Crippen LogP) is 4.94. The summed E-state index contributed by atoms with van der Waals surface area (Å²) in [6, 6.07) is 9.90. The van der Waals surface area contributed by atoms with Crippen LogP contribution in [0.15, 0.2) is 36.7 Å². The zero-order valence-corrected chi connectivity index (χ0v) is 20.3. The topological polar surface area (TPSA) is 117 Å². The van der Waals surface area contributed by atoms with E-state index >= 15 is 0 Å². The van der Waals surface area contributed by atoms with Crippen molar-refractivity contribution in [1.82, 2.24) is 34.3 Å². The Morgan fingerprint density at radius 1 is 1.09 bits per heavy atom. The number of rotatable bonds is 4. The second kappa shape index (κ2) is 7.64. The number of hydrogen-bond donors (Lipinski definition) is 0. The Bertz CT molecular complexity index is 1810. The molecule has 10 nitrogen and oxygen atoms in total. The van der Waals surface area contributed by atoms with E-state index in [1.54, 1.807) is 40.7 Å². The molecule has 6 aromatic rings. The lowest BCUT2D eigenvalue weighted by atomic mass is 10.1. The van der Waals surface area contributed by atoms with Crippen LogP contribution in [0.5, 0.6) is 0 Å². The summed E-state index contributed by atoms with van der Waals surface area (Å²) in [4.78, 5) is 26.1. The van der Waals surface area contributed by atoms with Gasteiger partial charge in [0, 0.05) is 16.6 Å². The maximum absolute atomic E-state index is 11.3. The van der Waals surface area contributed by atoms with Crippen molar-refractivity contribution in [3.8, 4) is 11.4 Å². The van der Waals surface area contributed by atoms with Crippen molar-refractivity contribution < 1.29 is 4.92 Å². The van der Waals surface area contributed by atoms with Crippen LogP contribution in [0, 0.1) is 37.8 Å². The van der Waals surface area contributed by atoms with Gasteiger partial charge in [0.2, 0.25) is 0 Å². The maximum Gasteiger partial charge on any atom is 0.312 e.